The summed E-state index contributed by atoms with van der Waals surface area (Å²) in [5.41, 5.74) is 5.89. The van der Waals surface area contributed by atoms with Crippen LogP contribution in [0.4, 0.5) is 0 Å². The van der Waals surface area contributed by atoms with Crippen LogP contribution in [0.1, 0.15) is 60.4 Å². The van der Waals surface area contributed by atoms with Gasteiger partial charge < -0.3 is 19.5 Å². The van der Waals surface area contributed by atoms with Crippen LogP contribution in [0.3, 0.4) is 0 Å². The molecule has 5 nitrogen and oxygen atoms in total. The van der Waals surface area contributed by atoms with Crippen LogP contribution in [0.25, 0.3) is 5.69 Å². The van der Waals surface area contributed by atoms with Gasteiger partial charge in [0, 0.05) is 35.4 Å². The van der Waals surface area contributed by atoms with Crippen LogP contribution < -0.4 is 10.1 Å². The second kappa shape index (κ2) is 8.58. The molecule has 2 fully saturated rings. The van der Waals surface area contributed by atoms with Gasteiger partial charge in [0.1, 0.15) is 5.75 Å². The molecule has 6 heteroatoms. The van der Waals surface area contributed by atoms with Crippen molar-refractivity contribution in [2.75, 3.05) is 7.11 Å². The Hall–Kier alpha value is -2.86. The number of nitrogens with one attached hydrogen (secondary N) is 1. The van der Waals surface area contributed by atoms with E-state index in [2.05, 4.69) is 59.0 Å². The molecule has 2 aliphatic rings. The Morgan fingerprint density at radius 3 is 2.59 bits per heavy atom. The number of aromatic nitrogens is 2. The molecule has 1 saturated heterocycles. The maximum absolute atomic E-state index is 5.90. The molecule has 5 rings (SSSR count). The smallest absolute Gasteiger partial charge is 0.170 e. The molecule has 3 heterocycles. The lowest BCUT2D eigenvalue weighted by atomic mass is 9.95. The van der Waals surface area contributed by atoms with Crippen LogP contribution in [0, 0.1) is 13.8 Å². The summed E-state index contributed by atoms with van der Waals surface area (Å²) < 4.78 is 7.80. The number of aryl methyl sites for hydroxylation is 1. The maximum atomic E-state index is 5.90. The largest absolute Gasteiger partial charge is 0.497 e. The predicted octanol–water partition coefficient (Wildman–Crippen LogP) is 5.41. The van der Waals surface area contributed by atoms with E-state index in [1.807, 2.05) is 24.4 Å². The van der Waals surface area contributed by atoms with Gasteiger partial charge in [0.05, 0.1) is 24.9 Å². The molecule has 2 aromatic heterocycles. The highest BCUT2D eigenvalue weighted by Crippen LogP contribution is 2.44. The van der Waals surface area contributed by atoms with E-state index in [9.17, 15) is 0 Å². The van der Waals surface area contributed by atoms with Crippen molar-refractivity contribution in [3.63, 3.8) is 0 Å². The zero-order valence-corrected chi connectivity index (χ0v) is 19.7. The van der Waals surface area contributed by atoms with Gasteiger partial charge in [-0.3, -0.25) is 4.98 Å². The molecule has 1 aromatic carbocycles. The van der Waals surface area contributed by atoms with Crippen LogP contribution in [-0.2, 0) is 0 Å². The number of ether oxygens (including phenoxy) is 1. The number of hydrogen-bond donors (Lipinski definition) is 1. The fourth-order valence-corrected chi connectivity index (χ4v) is 5.90. The van der Waals surface area contributed by atoms with Gasteiger partial charge in [-0.25, -0.2) is 0 Å². The molecule has 1 aliphatic carbocycles. The molecule has 0 radical (unpaired) electrons. The summed E-state index contributed by atoms with van der Waals surface area (Å²) in [5.74, 6) is 0.860. The third-order valence-electron chi connectivity index (χ3n) is 6.95. The van der Waals surface area contributed by atoms with Gasteiger partial charge in [0.15, 0.2) is 5.11 Å². The highest BCUT2D eigenvalue weighted by molar-refractivity contribution is 7.80. The molecule has 32 heavy (non-hydrogen) atoms. The third-order valence-corrected chi connectivity index (χ3v) is 7.28. The molecule has 0 unspecified atom stereocenters. The molecule has 3 aromatic rings. The first-order valence-corrected chi connectivity index (χ1v) is 11.8. The lowest BCUT2D eigenvalue weighted by molar-refractivity contribution is 0.245. The highest BCUT2D eigenvalue weighted by Gasteiger charge is 2.44. The number of nitrogens with zero attached hydrogens (tertiary/aromatic N) is 3. The number of pyridine rings is 1. The average molecular weight is 447 g/mol. The predicted molar refractivity (Wildman–Crippen MR) is 131 cm³/mol. The Morgan fingerprint density at radius 1 is 1.06 bits per heavy atom. The summed E-state index contributed by atoms with van der Waals surface area (Å²) in [7, 11) is 1.71. The van der Waals surface area contributed by atoms with E-state index in [-0.39, 0.29) is 12.1 Å². The Morgan fingerprint density at radius 2 is 1.88 bits per heavy atom. The number of hydrogen-bond acceptors (Lipinski definition) is 3. The first kappa shape index (κ1) is 21.0. The normalized spacial score (nSPS) is 21.2. The van der Waals surface area contributed by atoms with E-state index in [0.717, 1.165) is 22.2 Å². The van der Waals surface area contributed by atoms with Crippen LogP contribution in [0.2, 0.25) is 0 Å². The first-order valence-electron chi connectivity index (χ1n) is 11.4. The quantitative estimate of drug-likeness (QED) is 0.531. The SMILES string of the molecule is COc1cccc(-n2c(C)cc([C@@H]3[C@H](c4ccccn4)NC(=S)N3C3CCCC3)c2C)c1. The summed E-state index contributed by atoms with van der Waals surface area (Å²) >= 11 is 5.90. The van der Waals surface area contributed by atoms with Gasteiger partial charge in [0.25, 0.3) is 0 Å². The molecule has 2 atom stereocenters. The lowest BCUT2D eigenvalue weighted by Crippen LogP contribution is -2.37. The van der Waals surface area contributed by atoms with Crippen molar-refractivity contribution >= 4 is 17.3 Å². The number of thiocarbonyl (C=S) groups is 1. The Labute approximate surface area is 195 Å². The fourth-order valence-electron chi connectivity index (χ4n) is 5.51. The van der Waals surface area contributed by atoms with Gasteiger partial charge in [-0.1, -0.05) is 25.0 Å². The minimum absolute atomic E-state index is 0.0311. The molecule has 1 saturated carbocycles. The summed E-state index contributed by atoms with van der Waals surface area (Å²) in [6, 6.07) is 17.3. The fraction of sp³-hybridized carbons (Fsp3) is 0.385. The van der Waals surface area contributed by atoms with E-state index in [1.165, 1.54) is 42.6 Å². The second-order valence-electron chi connectivity index (χ2n) is 8.84. The van der Waals surface area contributed by atoms with Crippen molar-refractivity contribution in [1.82, 2.24) is 19.8 Å². The third kappa shape index (κ3) is 3.56. The van der Waals surface area contributed by atoms with Crippen LogP contribution in [0.5, 0.6) is 5.75 Å². The highest BCUT2D eigenvalue weighted by atomic mass is 32.1. The number of rotatable bonds is 5. The van der Waals surface area contributed by atoms with Gasteiger partial charge in [-0.15, -0.1) is 0 Å². The number of benzene rings is 1. The first-order chi connectivity index (χ1) is 15.6. The molecular formula is C26H30N4OS. The molecule has 0 bridgehead atoms. The van der Waals surface area contributed by atoms with E-state index in [0.29, 0.717) is 6.04 Å². The minimum Gasteiger partial charge on any atom is -0.497 e. The zero-order valence-electron chi connectivity index (χ0n) is 18.9. The Balaban J connectivity index is 1.63. The zero-order chi connectivity index (χ0) is 22.2. The van der Waals surface area contributed by atoms with E-state index < -0.39 is 0 Å². The van der Waals surface area contributed by atoms with Crippen molar-refractivity contribution < 1.29 is 4.74 Å². The molecule has 0 spiro atoms. The molecule has 1 aliphatic heterocycles. The van der Waals surface area contributed by atoms with Gasteiger partial charge >= 0.3 is 0 Å². The summed E-state index contributed by atoms with van der Waals surface area (Å²) in [5, 5.41) is 4.48. The summed E-state index contributed by atoms with van der Waals surface area (Å²) in [6.07, 6.45) is 6.81. The minimum atomic E-state index is 0.0311. The van der Waals surface area contributed by atoms with Crippen LogP contribution in [0.15, 0.2) is 54.7 Å². The van der Waals surface area contributed by atoms with E-state index >= 15 is 0 Å². The van der Waals surface area contributed by atoms with Gasteiger partial charge in [0.2, 0.25) is 0 Å². The van der Waals surface area contributed by atoms with Gasteiger partial charge in [-0.05, 0) is 74.8 Å². The maximum Gasteiger partial charge on any atom is 0.170 e. The molecular weight excluding hydrogens is 416 g/mol. The van der Waals surface area contributed by atoms with Crippen molar-refractivity contribution in [2.45, 2.75) is 57.7 Å². The Bertz CT molecular complexity index is 1120. The number of methoxy groups -OCH3 is 1. The van der Waals surface area contributed by atoms with E-state index in [1.54, 1.807) is 7.11 Å². The van der Waals surface area contributed by atoms with Crippen LogP contribution in [-0.4, -0.2) is 32.7 Å². The van der Waals surface area contributed by atoms with Crippen molar-refractivity contribution in [3.05, 3.63) is 77.4 Å². The molecule has 1 N–H and O–H groups in total. The van der Waals surface area contributed by atoms with Gasteiger partial charge in [-0.2, -0.15) is 0 Å². The topological polar surface area (TPSA) is 42.3 Å². The molecule has 0 amide bonds. The summed E-state index contributed by atoms with van der Waals surface area (Å²) in [6.45, 7) is 4.39. The van der Waals surface area contributed by atoms with E-state index in [4.69, 9.17) is 21.9 Å². The average Bonchev–Trinajstić information content (AvgIpc) is 3.52. The van der Waals surface area contributed by atoms with Crippen LogP contribution >= 0.6 is 12.2 Å². The second-order valence-corrected chi connectivity index (χ2v) is 9.22. The van der Waals surface area contributed by atoms with Crippen molar-refractivity contribution in [2.24, 2.45) is 0 Å². The standard InChI is InChI=1S/C26H30N4OS/c1-17-15-22(18(2)29(17)20-11-8-12-21(16-20)31-3)25-24(23-13-6-7-14-27-23)28-26(32)30(25)19-9-4-5-10-19/h6-8,11-16,19,24-25H,4-5,9-10H2,1-3H3,(H,28,32)/t24-,25+/m0/s1. The summed E-state index contributed by atoms with van der Waals surface area (Å²) in [4.78, 5) is 7.17. The lowest BCUT2D eigenvalue weighted by Gasteiger charge is -2.33. The monoisotopic (exact) mass is 446 g/mol. The molecule has 166 valence electrons. The van der Waals surface area contributed by atoms with Crippen molar-refractivity contribution in [1.29, 1.82) is 0 Å². The van der Waals surface area contributed by atoms with Crippen molar-refractivity contribution in [3.8, 4) is 11.4 Å². The Kier molecular flexibility index (Phi) is 5.64.